The highest BCUT2D eigenvalue weighted by Gasteiger charge is 2.20. The van der Waals surface area contributed by atoms with Crippen LogP contribution in [0.15, 0.2) is 39.6 Å². The van der Waals surface area contributed by atoms with Gasteiger partial charge >= 0.3 is 0 Å². The summed E-state index contributed by atoms with van der Waals surface area (Å²) in [5.41, 5.74) is 5.96. The van der Waals surface area contributed by atoms with Crippen LogP contribution in [0.3, 0.4) is 0 Å². The standard InChI is InChI=1S/C11H11N3O3S2/c1-7(15)13-8-2-4-9(5-3-8)19(16,17)10-6-18-11(12)14-10/h2-6H,1H3,(H2,12,14)(H,13,15). The molecule has 100 valence electrons. The van der Waals surface area contributed by atoms with Gasteiger partial charge in [-0.3, -0.25) is 4.79 Å². The SMILES string of the molecule is CC(=O)Nc1ccc(S(=O)(=O)c2csc(N)n2)cc1. The van der Waals surface area contributed by atoms with E-state index in [9.17, 15) is 13.2 Å². The van der Waals surface area contributed by atoms with Crippen LogP contribution < -0.4 is 11.1 Å². The Kier molecular flexibility index (Phi) is 3.54. The topological polar surface area (TPSA) is 102 Å². The van der Waals surface area contributed by atoms with Crippen LogP contribution in [0.4, 0.5) is 10.8 Å². The molecule has 0 saturated heterocycles. The maximum absolute atomic E-state index is 12.2. The number of hydrogen-bond acceptors (Lipinski definition) is 6. The summed E-state index contributed by atoms with van der Waals surface area (Å²) in [6.07, 6.45) is 0. The van der Waals surface area contributed by atoms with Gasteiger partial charge in [-0.25, -0.2) is 13.4 Å². The number of amides is 1. The summed E-state index contributed by atoms with van der Waals surface area (Å²) in [6.45, 7) is 1.38. The molecular formula is C11H11N3O3S2. The number of thiazole rings is 1. The molecule has 0 atom stereocenters. The van der Waals surface area contributed by atoms with Crippen molar-refractivity contribution in [3.63, 3.8) is 0 Å². The van der Waals surface area contributed by atoms with E-state index in [0.29, 0.717) is 5.69 Å². The van der Waals surface area contributed by atoms with Crippen molar-refractivity contribution in [3.8, 4) is 0 Å². The van der Waals surface area contributed by atoms with Crippen LogP contribution in [0.1, 0.15) is 6.92 Å². The molecule has 1 amide bonds. The van der Waals surface area contributed by atoms with Crippen LogP contribution in [0.5, 0.6) is 0 Å². The van der Waals surface area contributed by atoms with E-state index < -0.39 is 9.84 Å². The number of aromatic nitrogens is 1. The maximum atomic E-state index is 12.2. The molecule has 8 heteroatoms. The number of nitrogen functional groups attached to an aromatic ring is 1. The first-order valence-electron chi connectivity index (χ1n) is 5.23. The van der Waals surface area contributed by atoms with E-state index in [1.54, 1.807) is 0 Å². The predicted molar refractivity (Wildman–Crippen MR) is 72.7 cm³/mol. The summed E-state index contributed by atoms with van der Waals surface area (Å²) >= 11 is 1.07. The van der Waals surface area contributed by atoms with Crippen molar-refractivity contribution in [2.45, 2.75) is 16.8 Å². The summed E-state index contributed by atoms with van der Waals surface area (Å²) in [4.78, 5) is 14.7. The molecule has 0 aliphatic carbocycles. The number of sulfone groups is 1. The van der Waals surface area contributed by atoms with Gasteiger partial charge in [0.1, 0.15) is 0 Å². The smallest absolute Gasteiger partial charge is 0.224 e. The fraction of sp³-hybridized carbons (Fsp3) is 0.0909. The number of nitrogens with two attached hydrogens (primary N) is 1. The Balaban J connectivity index is 2.34. The van der Waals surface area contributed by atoms with E-state index in [-0.39, 0.29) is 21.0 Å². The normalized spacial score (nSPS) is 11.2. The third kappa shape index (κ3) is 2.91. The lowest BCUT2D eigenvalue weighted by Gasteiger charge is -2.04. The summed E-state index contributed by atoms with van der Waals surface area (Å²) < 4.78 is 24.4. The van der Waals surface area contributed by atoms with Crippen LogP contribution >= 0.6 is 11.3 Å². The highest BCUT2D eigenvalue weighted by molar-refractivity contribution is 7.91. The zero-order chi connectivity index (χ0) is 14.0. The van der Waals surface area contributed by atoms with Crippen molar-refractivity contribution < 1.29 is 13.2 Å². The monoisotopic (exact) mass is 297 g/mol. The van der Waals surface area contributed by atoms with Crippen LogP contribution in [-0.4, -0.2) is 19.3 Å². The molecule has 1 aromatic heterocycles. The van der Waals surface area contributed by atoms with Gasteiger partial charge in [0.05, 0.1) is 4.90 Å². The quantitative estimate of drug-likeness (QED) is 0.894. The highest BCUT2D eigenvalue weighted by Crippen LogP contribution is 2.24. The fourth-order valence-electron chi connectivity index (χ4n) is 1.44. The van der Waals surface area contributed by atoms with E-state index in [1.165, 1.54) is 36.6 Å². The molecule has 0 spiro atoms. The number of rotatable bonds is 3. The van der Waals surface area contributed by atoms with E-state index in [0.717, 1.165) is 11.3 Å². The molecule has 0 bridgehead atoms. The predicted octanol–water partition coefficient (Wildman–Crippen LogP) is 1.52. The number of carbonyl (C=O) groups is 1. The van der Waals surface area contributed by atoms with Crippen molar-refractivity contribution >= 4 is 37.9 Å². The van der Waals surface area contributed by atoms with Gasteiger partial charge in [-0.1, -0.05) is 0 Å². The van der Waals surface area contributed by atoms with Gasteiger partial charge in [0.2, 0.25) is 15.7 Å². The summed E-state index contributed by atoms with van der Waals surface area (Å²) in [5.74, 6) is -0.220. The number of hydrogen-bond donors (Lipinski definition) is 2. The largest absolute Gasteiger partial charge is 0.375 e. The van der Waals surface area contributed by atoms with E-state index in [1.807, 2.05) is 0 Å². The molecule has 0 aliphatic rings. The van der Waals surface area contributed by atoms with E-state index >= 15 is 0 Å². The third-order valence-corrected chi connectivity index (χ3v) is 4.74. The molecule has 0 aliphatic heterocycles. The molecule has 0 unspecified atom stereocenters. The molecule has 0 radical (unpaired) electrons. The van der Waals surface area contributed by atoms with Crippen molar-refractivity contribution in [2.24, 2.45) is 0 Å². The van der Waals surface area contributed by atoms with Crippen molar-refractivity contribution in [2.75, 3.05) is 11.1 Å². The van der Waals surface area contributed by atoms with Crippen LogP contribution in [0, 0.1) is 0 Å². The van der Waals surface area contributed by atoms with Crippen molar-refractivity contribution in [1.29, 1.82) is 0 Å². The van der Waals surface area contributed by atoms with Gasteiger partial charge in [0.15, 0.2) is 10.2 Å². The number of nitrogens with zero attached hydrogens (tertiary/aromatic N) is 1. The zero-order valence-electron chi connectivity index (χ0n) is 9.95. The summed E-state index contributed by atoms with van der Waals surface area (Å²) in [5, 5.41) is 4.09. The molecule has 2 rings (SSSR count). The molecule has 6 nitrogen and oxygen atoms in total. The highest BCUT2D eigenvalue weighted by atomic mass is 32.2. The van der Waals surface area contributed by atoms with Gasteiger partial charge in [0.25, 0.3) is 0 Å². The molecule has 2 aromatic rings. The van der Waals surface area contributed by atoms with Crippen LogP contribution in [-0.2, 0) is 14.6 Å². The average molecular weight is 297 g/mol. The molecule has 0 saturated carbocycles. The molecular weight excluding hydrogens is 286 g/mol. The second-order valence-corrected chi connectivity index (χ2v) is 6.52. The number of anilines is 2. The van der Waals surface area contributed by atoms with Gasteiger partial charge in [-0.15, -0.1) is 11.3 Å². The van der Waals surface area contributed by atoms with E-state index in [2.05, 4.69) is 10.3 Å². The van der Waals surface area contributed by atoms with Gasteiger partial charge in [-0.05, 0) is 24.3 Å². The first-order valence-corrected chi connectivity index (χ1v) is 7.59. The lowest BCUT2D eigenvalue weighted by Crippen LogP contribution is -2.06. The van der Waals surface area contributed by atoms with Gasteiger partial charge < -0.3 is 11.1 Å². The zero-order valence-corrected chi connectivity index (χ0v) is 11.6. The number of benzene rings is 1. The lowest BCUT2D eigenvalue weighted by atomic mass is 10.3. The summed E-state index contributed by atoms with van der Waals surface area (Å²) in [7, 11) is -3.66. The van der Waals surface area contributed by atoms with Crippen molar-refractivity contribution in [3.05, 3.63) is 29.6 Å². The Morgan fingerprint density at radius 2 is 1.95 bits per heavy atom. The molecule has 3 N–H and O–H groups in total. The fourth-order valence-corrected chi connectivity index (χ4v) is 3.53. The van der Waals surface area contributed by atoms with Gasteiger partial charge in [-0.2, -0.15) is 0 Å². The minimum absolute atomic E-state index is 0.0673. The molecule has 0 fully saturated rings. The Bertz CT molecular complexity index is 705. The maximum Gasteiger partial charge on any atom is 0.224 e. The Labute approximate surface area is 114 Å². The number of nitrogens with one attached hydrogen (secondary N) is 1. The Hall–Kier alpha value is -1.93. The third-order valence-electron chi connectivity index (χ3n) is 2.26. The van der Waals surface area contributed by atoms with E-state index in [4.69, 9.17) is 5.73 Å². The molecule has 19 heavy (non-hydrogen) atoms. The van der Waals surface area contributed by atoms with Crippen molar-refractivity contribution in [1.82, 2.24) is 4.98 Å². The minimum atomic E-state index is -3.66. The second kappa shape index (κ2) is 4.98. The molecule has 1 aromatic carbocycles. The Morgan fingerprint density at radius 1 is 1.32 bits per heavy atom. The number of carbonyl (C=O) groups excluding carboxylic acids is 1. The first-order chi connectivity index (χ1) is 8.89. The van der Waals surface area contributed by atoms with Gasteiger partial charge in [0, 0.05) is 18.0 Å². The lowest BCUT2D eigenvalue weighted by molar-refractivity contribution is -0.114. The van der Waals surface area contributed by atoms with Crippen LogP contribution in [0.25, 0.3) is 0 Å². The second-order valence-electron chi connectivity index (χ2n) is 3.73. The average Bonchev–Trinajstić information content (AvgIpc) is 2.76. The minimum Gasteiger partial charge on any atom is -0.375 e. The molecule has 1 heterocycles. The Morgan fingerprint density at radius 3 is 2.42 bits per heavy atom. The first kappa shape index (κ1) is 13.5. The summed E-state index contributed by atoms with van der Waals surface area (Å²) in [6, 6.07) is 5.86. The van der Waals surface area contributed by atoms with Crippen LogP contribution in [0.2, 0.25) is 0 Å².